The first-order valence-corrected chi connectivity index (χ1v) is 7.03. The highest BCUT2D eigenvalue weighted by Gasteiger charge is 2.26. The van der Waals surface area contributed by atoms with Crippen LogP contribution in [0.3, 0.4) is 0 Å². The first-order chi connectivity index (χ1) is 8.74. The molecule has 0 spiro atoms. The van der Waals surface area contributed by atoms with Gasteiger partial charge in [-0.3, -0.25) is 4.79 Å². The predicted molar refractivity (Wildman–Crippen MR) is 72.6 cm³/mol. The molecule has 2 atom stereocenters. The first-order valence-electron chi connectivity index (χ1n) is 7.03. The van der Waals surface area contributed by atoms with Crippen LogP contribution < -0.4 is 10.9 Å². The zero-order valence-corrected chi connectivity index (χ0v) is 11.3. The van der Waals surface area contributed by atoms with Gasteiger partial charge in [0.2, 0.25) is 0 Å². The second-order valence-electron chi connectivity index (χ2n) is 5.19. The largest absolute Gasteiger partial charge is 0.313 e. The summed E-state index contributed by atoms with van der Waals surface area (Å²) in [6.07, 6.45) is 6.57. The molecule has 1 aromatic rings. The van der Waals surface area contributed by atoms with Gasteiger partial charge in [0.1, 0.15) is 5.82 Å². The van der Waals surface area contributed by atoms with Gasteiger partial charge >= 0.3 is 0 Å². The molecule has 1 aliphatic rings. The highest BCUT2D eigenvalue weighted by molar-refractivity contribution is 5.09. The van der Waals surface area contributed by atoms with Crippen molar-refractivity contribution < 1.29 is 0 Å². The topological polar surface area (TPSA) is 57.8 Å². The summed E-state index contributed by atoms with van der Waals surface area (Å²) in [4.78, 5) is 19.3. The second kappa shape index (κ2) is 6.14. The van der Waals surface area contributed by atoms with Crippen molar-refractivity contribution in [2.24, 2.45) is 5.92 Å². The molecule has 1 aromatic heterocycles. The van der Waals surface area contributed by atoms with Gasteiger partial charge in [-0.05, 0) is 31.7 Å². The Labute approximate surface area is 108 Å². The minimum Gasteiger partial charge on any atom is -0.313 e. The molecular weight excluding hydrogens is 226 g/mol. The van der Waals surface area contributed by atoms with E-state index in [4.69, 9.17) is 0 Å². The first kappa shape index (κ1) is 13.3. The highest BCUT2D eigenvalue weighted by Crippen LogP contribution is 2.37. The fourth-order valence-corrected chi connectivity index (χ4v) is 2.72. The van der Waals surface area contributed by atoms with Crippen molar-refractivity contribution in [2.75, 3.05) is 6.54 Å². The summed E-state index contributed by atoms with van der Waals surface area (Å²) in [6.45, 7) is 5.73. The van der Waals surface area contributed by atoms with Gasteiger partial charge < -0.3 is 10.3 Å². The van der Waals surface area contributed by atoms with Crippen LogP contribution in [0.2, 0.25) is 0 Å². The van der Waals surface area contributed by atoms with Gasteiger partial charge in [-0.25, -0.2) is 4.98 Å². The van der Waals surface area contributed by atoms with Gasteiger partial charge in [0.25, 0.3) is 5.56 Å². The lowest BCUT2D eigenvalue weighted by Crippen LogP contribution is -2.23. The Balaban J connectivity index is 2.07. The number of nitrogens with zero attached hydrogens (tertiary/aromatic N) is 1. The predicted octanol–water partition coefficient (Wildman–Crippen LogP) is 2.17. The minimum atomic E-state index is 0.0147. The average molecular weight is 249 g/mol. The number of nitrogens with one attached hydrogen (secondary N) is 2. The van der Waals surface area contributed by atoms with Gasteiger partial charge in [0.15, 0.2) is 0 Å². The number of aromatic amines is 1. The van der Waals surface area contributed by atoms with Crippen LogP contribution in [0.4, 0.5) is 0 Å². The maximum atomic E-state index is 11.9. The number of rotatable bonds is 5. The summed E-state index contributed by atoms with van der Waals surface area (Å²) < 4.78 is 0. The van der Waals surface area contributed by atoms with Crippen LogP contribution >= 0.6 is 0 Å². The minimum absolute atomic E-state index is 0.0147. The molecule has 0 amide bonds. The summed E-state index contributed by atoms with van der Waals surface area (Å²) in [6, 6.07) is 0. The molecule has 0 aliphatic heterocycles. The van der Waals surface area contributed by atoms with E-state index in [0.29, 0.717) is 12.5 Å². The Morgan fingerprint density at radius 3 is 2.89 bits per heavy atom. The van der Waals surface area contributed by atoms with Gasteiger partial charge in [-0.15, -0.1) is 0 Å². The maximum absolute atomic E-state index is 11.9. The van der Waals surface area contributed by atoms with Gasteiger partial charge in [-0.1, -0.05) is 20.3 Å². The van der Waals surface area contributed by atoms with E-state index < -0.39 is 0 Å². The van der Waals surface area contributed by atoms with E-state index in [-0.39, 0.29) is 5.56 Å². The number of aromatic nitrogens is 2. The maximum Gasteiger partial charge on any atom is 0.255 e. The van der Waals surface area contributed by atoms with E-state index in [1.54, 1.807) is 6.20 Å². The molecule has 100 valence electrons. The molecule has 1 fully saturated rings. The molecular formula is C14H23N3O. The molecule has 1 saturated carbocycles. The quantitative estimate of drug-likeness (QED) is 0.841. The van der Waals surface area contributed by atoms with Crippen molar-refractivity contribution in [1.29, 1.82) is 0 Å². The van der Waals surface area contributed by atoms with Crippen molar-refractivity contribution in [3.63, 3.8) is 0 Å². The third kappa shape index (κ3) is 2.99. The summed E-state index contributed by atoms with van der Waals surface area (Å²) >= 11 is 0. The van der Waals surface area contributed by atoms with Crippen molar-refractivity contribution in [3.05, 3.63) is 27.9 Å². The molecule has 0 bridgehead atoms. The van der Waals surface area contributed by atoms with Gasteiger partial charge in [0.05, 0.1) is 0 Å². The highest BCUT2D eigenvalue weighted by atomic mass is 16.1. The molecule has 2 unspecified atom stereocenters. The Morgan fingerprint density at radius 2 is 2.28 bits per heavy atom. The fourth-order valence-electron chi connectivity index (χ4n) is 2.72. The van der Waals surface area contributed by atoms with Gasteiger partial charge in [0, 0.05) is 24.2 Å². The van der Waals surface area contributed by atoms with Crippen molar-refractivity contribution in [1.82, 2.24) is 15.3 Å². The van der Waals surface area contributed by atoms with Crippen molar-refractivity contribution in [3.8, 4) is 0 Å². The molecule has 0 aromatic carbocycles. The lowest BCUT2D eigenvalue weighted by Gasteiger charge is -2.10. The summed E-state index contributed by atoms with van der Waals surface area (Å²) in [5.74, 6) is 2.15. The zero-order chi connectivity index (χ0) is 13.0. The van der Waals surface area contributed by atoms with Crippen molar-refractivity contribution >= 4 is 0 Å². The van der Waals surface area contributed by atoms with Crippen LogP contribution in [0, 0.1) is 5.92 Å². The summed E-state index contributed by atoms with van der Waals surface area (Å²) in [5, 5.41) is 3.15. The summed E-state index contributed by atoms with van der Waals surface area (Å²) in [7, 11) is 0. The molecule has 4 heteroatoms. The Hall–Kier alpha value is -1.16. The Kier molecular flexibility index (Phi) is 4.53. The van der Waals surface area contributed by atoms with E-state index in [0.717, 1.165) is 30.3 Å². The smallest absolute Gasteiger partial charge is 0.255 e. The fraction of sp³-hybridized carbons (Fsp3) is 0.714. The van der Waals surface area contributed by atoms with Gasteiger partial charge in [-0.2, -0.15) is 0 Å². The molecule has 18 heavy (non-hydrogen) atoms. The van der Waals surface area contributed by atoms with Crippen LogP contribution in [0.25, 0.3) is 0 Å². The zero-order valence-electron chi connectivity index (χ0n) is 11.3. The molecule has 4 nitrogen and oxygen atoms in total. The standard InChI is InChI=1S/C14H23N3O/c1-3-10-5-6-11(7-10)13-16-9-12(8-15-4-2)14(18)17-13/h9-11,15H,3-8H2,1-2H3,(H,16,17,18). The summed E-state index contributed by atoms with van der Waals surface area (Å²) in [5.41, 5.74) is 0.742. The lowest BCUT2D eigenvalue weighted by molar-refractivity contribution is 0.516. The Morgan fingerprint density at radius 1 is 1.44 bits per heavy atom. The van der Waals surface area contributed by atoms with E-state index in [1.165, 1.54) is 19.3 Å². The van der Waals surface area contributed by atoms with Crippen LogP contribution in [0.1, 0.15) is 56.8 Å². The third-order valence-electron chi connectivity index (χ3n) is 3.96. The number of hydrogen-bond acceptors (Lipinski definition) is 3. The average Bonchev–Trinajstić information content (AvgIpc) is 2.86. The molecule has 1 aliphatic carbocycles. The molecule has 0 saturated heterocycles. The third-order valence-corrected chi connectivity index (χ3v) is 3.96. The van der Waals surface area contributed by atoms with E-state index in [2.05, 4.69) is 22.2 Å². The van der Waals surface area contributed by atoms with Crippen molar-refractivity contribution in [2.45, 2.75) is 52.0 Å². The molecule has 2 N–H and O–H groups in total. The van der Waals surface area contributed by atoms with E-state index >= 15 is 0 Å². The molecule has 1 heterocycles. The van der Waals surface area contributed by atoms with Crippen LogP contribution in [0.15, 0.2) is 11.0 Å². The lowest BCUT2D eigenvalue weighted by atomic mass is 10.0. The number of H-pyrrole nitrogens is 1. The number of hydrogen-bond donors (Lipinski definition) is 2. The van der Waals surface area contributed by atoms with Crippen LogP contribution in [-0.4, -0.2) is 16.5 Å². The molecule has 0 radical (unpaired) electrons. The Bertz CT molecular complexity index is 441. The normalized spacial score (nSPS) is 23.4. The van der Waals surface area contributed by atoms with E-state index in [1.807, 2.05) is 6.92 Å². The van der Waals surface area contributed by atoms with Crippen LogP contribution in [-0.2, 0) is 6.54 Å². The SMILES string of the molecule is CCNCc1cnc(C2CCC(CC)C2)[nH]c1=O. The van der Waals surface area contributed by atoms with Crippen LogP contribution in [0.5, 0.6) is 0 Å². The molecule has 2 rings (SSSR count). The second-order valence-corrected chi connectivity index (χ2v) is 5.19. The monoisotopic (exact) mass is 249 g/mol. The van der Waals surface area contributed by atoms with E-state index in [9.17, 15) is 4.79 Å².